The summed E-state index contributed by atoms with van der Waals surface area (Å²) in [5.41, 5.74) is 2.14. The second-order valence-electron chi connectivity index (χ2n) is 6.92. The number of ether oxygens (including phenoxy) is 2. The summed E-state index contributed by atoms with van der Waals surface area (Å²) in [6, 6.07) is 13.0. The van der Waals surface area contributed by atoms with Crippen molar-refractivity contribution in [2.45, 2.75) is 25.6 Å². The van der Waals surface area contributed by atoms with E-state index < -0.39 is 0 Å². The number of rotatable bonds is 7. The zero-order chi connectivity index (χ0) is 20.9. The van der Waals surface area contributed by atoms with Crippen molar-refractivity contribution in [1.29, 1.82) is 0 Å². The molecule has 8 heteroatoms. The Balaban J connectivity index is 1.44. The summed E-state index contributed by atoms with van der Waals surface area (Å²) in [7, 11) is 0. The molecule has 30 heavy (non-hydrogen) atoms. The van der Waals surface area contributed by atoms with Crippen LogP contribution in [0.2, 0.25) is 10.0 Å². The fourth-order valence-electron chi connectivity index (χ4n) is 3.16. The van der Waals surface area contributed by atoms with Gasteiger partial charge in [0.2, 0.25) is 0 Å². The number of amides is 1. The minimum atomic E-state index is -0.192. The topological polar surface area (TPSA) is 60.5 Å². The number of thiazole rings is 1. The number of halogens is 2. The molecular formula is C22H20Cl2N2O3S. The van der Waals surface area contributed by atoms with Crippen LogP contribution in [-0.4, -0.2) is 30.1 Å². The number of carbonyl (C=O) groups is 1. The standard InChI is InChI=1S/C22H20Cl2N2O3S/c23-17-8-7-14(10-18(17)24)12-29-20-6-2-1-5-16(20)22-26-19(13-30-22)21(27)25-11-15-4-3-9-28-15/h1-2,5-8,10,13,15H,3-4,9,11-12H2,(H,25,27)/t15-/m0/s1. The second kappa shape index (κ2) is 9.79. The molecule has 0 spiro atoms. The number of carbonyl (C=O) groups excluding carboxylic acids is 1. The van der Waals surface area contributed by atoms with Crippen molar-refractivity contribution >= 4 is 40.4 Å². The van der Waals surface area contributed by atoms with Crippen molar-refractivity contribution in [3.8, 4) is 16.3 Å². The number of benzene rings is 2. The van der Waals surface area contributed by atoms with Gasteiger partial charge in [0.25, 0.3) is 5.91 Å². The third-order valence-electron chi connectivity index (χ3n) is 4.75. The third-order valence-corrected chi connectivity index (χ3v) is 6.36. The molecular weight excluding hydrogens is 443 g/mol. The highest BCUT2D eigenvalue weighted by molar-refractivity contribution is 7.13. The van der Waals surface area contributed by atoms with Crippen LogP contribution in [0.1, 0.15) is 28.9 Å². The molecule has 1 atom stereocenters. The Bertz CT molecular complexity index is 1030. The molecule has 156 valence electrons. The van der Waals surface area contributed by atoms with Crippen molar-refractivity contribution < 1.29 is 14.3 Å². The molecule has 0 aliphatic carbocycles. The van der Waals surface area contributed by atoms with E-state index in [1.165, 1.54) is 11.3 Å². The van der Waals surface area contributed by atoms with Crippen LogP contribution in [0.4, 0.5) is 0 Å². The molecule has 1 amide bonds. The summed E-state index contributed by atoms with van der Waals surface area (Å²) in [5.74, 6) is 0.492. The van der Waals surface area contributed by atoms with Crippen LogP contribution in [-0.2, 0) is 11.3 Å². The normalized spacial score (nSPS) is 15.9. The molecule has 3 aromatic rings. The fourth-order valence-corrected chi connectivity index (χ4v) is 4.31. The summed E-state index contributed by atoms with van der Waals surface area (Å²) >= 11 is 13.5. The van der Waals surface area contributed by atoms with Crippen LogP contribution in [0.5, 0.6) is 5.75 Å². The number of nitrogens with zero attached hydrogens (tertiary/aromatic N) is 1. The number of aromatic nitrogens is 1. The minimum absolute atomic E-state index is 0.0996. The molecule has 0 saturated carbocycles. The molecule has 1 aromatic heterocycles. The van der Waals surface area contributed by atoms with Crippen LogP contribution in [0.3, 0.4) is 0 Å². The number of para-hydroxylation sites is 1. The van der Waals surface area contributed by atoms with Crippen molar-refractivity contribution in [1.82, 2.24) is 10.3 Å². The SMILES string of the molecule is O=C(NC[C@@H]1CCCO1)c1csc(-c2ccccc2OCc2ccc(Cl)c(Cl)c2)n1. The summed E-state index contributed by atoms with van der Waals surface area (Å²) in [6.45, 7) is 1.61. The predicted molar refractivity (Wildman–Crippen MR) is 120 cm³/mol. The highest BCUT2D eigenvalue weighted by Crippen LogP contribution is 2.33. The number of nitrogens with one attached hydrogen (secondary N) is 1. The van der Waals surface area contributed by atoms with Crippen molar-refractivity contribution in [3.05, 3.63) is 69.1 Å². The molecule has 1 saturated heterocycles. The maximum atomic E-state index is 12.4. The Morgan fingerprint density at radius 3 is 2.90 bits per heavy atom. The van der Waals surface area contributed by atoms with Crippen LogP contribution >= 0.6 is 34.5 Å². The van der Waals surface area contributed by atoms with Gasteiger partial charge >= 0.3 is 0 Å². The zero-order valence-electron chi connectivity index (χ0n) is 16.1. The molecule has 5 nitrogen and oxygen atoms in total. The first kappa shape index (κ1) is 21.1. The quantitative estimate of drug-likeness (QED) is 0.495. The van der Waals surface area contributed by atoms with Gasteiger partial charge in [-0.1, -0.05) is 41.4 Å². The van der Waals surface area contributed by atoms with Gasteiger partial charge in [0.15, 0.2) is 0 Å². The van der Waals surface area contributed by atoms with Crippen molar-refractivity contribution in [2.75, 3.05) is 13.2 Å². The second-order valence-corrected chi connectivity index (χ2v) is 8.59. The first-order chi connectivity index (χ1) is 14.6. The molecule has 0 radical (unpaired) electrons. The van der Waals surface area contributed by atoms with E-state index in [1.54, 1.807) is 17.5 Å². The lowest BCUT2D eigenvalue weighted by Gasteiger charge is -2.11. The lowest BCUT2D eigenvalue weighted by atomic mass is 10.2. The maximum absolute atomic E-state index is 12.4. The van der Waals surface area contributed by atoms with Gasteiger partial charge in [-0.15, -0.1) is 11.3 Å². The summed E-state index contributed by atoms with van der Waals surface area (Å²) < 4.78 is 11.5. The molecule has 1 aliphatic heterocycles. The Morgan fingerprint density at radius 1 is 1.23 bits per heavy atom. The minimum Gasteiger partial charge on any atom is -0.488 e. The van der Waals surface area contributed by atoms with E-state index in [9.17, 15) is 4.79 Å². The first-order valence-electron chi connectivity index (χ1n) is 9.61. The van der Waals surface area contributed by atoms with Crippen molar-refractivity contribution in [2.24, 2.45) is 0 Å². The predicted octanol–water partition coefficient (Wildman–Crippen LogP) is 5.60. The van der Waals surface area contributed by atoms with Gasteiger partial charge < -0.3 is 14.8 Å². The number of hydrogen-bond acceptors (Lipinski definition) is 5. The Morgan fingerprint density at radius 2 is 2.10 bits per heavy atom. The van der Waals surface area contributed by atoms with E-state index in [0.29, 0.717) is 34.6 Å². The van der Waals surface area contributed by atoms with Gasteiger partial charge in [-0.2, -0.15) is 0 Å². The van der Waals surface area contributed by atoms with Gasteiger partial charge in [0.05, 0.1) is 21.7 Å². The van der Waals surface area contributed by atoms with E-state index in [1.807, 2.05) is 30.3 Å². The fraction of sp³-hybridized carbons (Fsp3) is 0.273. The van der Waals surface area contributed by atoms with Gasteiger partial charge in [-0.3, -0.25) is 4.79 Å². The highest BCUT2D eigenvalue weighted by Gasteiger charge is 2.19. The van der Waals surface area contributed by atoms with Crippen LogP contribution in [0.25, 0.3) is 10.6 Å². The molecule has 1 fully saturated rings. The average Bonchev–Trinajstić information content (AvgIpc) is 3.45. The van der Waals surface area contributed by atoms with Crippen LogP contribution < -0.4 is 10.1 Å². The molecule has 1 N–H and O–H groups in total. The Labute approximate surface area is 188 Å². The van der Waals surface area contributed by atoms with E-state index in [4.69, 9.17) is 32.7 Å². The number of hydrogen-bond donors (Lipinski definition) is 1. The Hall–Kier alpha value is -2.12. The van der Waals surface area contributed by atoms with E-state index in [2.05, 4.69) is 10.3 Å². The molecule has 0 bridgehead atoms. The summed E-state index contributed by atoms with van der Waals surface area (Å²) in [4.78, 5) is 16.9. The molecule has 2 aromatic carbocycles. The largest absolute Gasteiger partial charge is 0.488 e. The van der Waals surface area contributed by atoms with Gasteiger partial charge in [-0.25, -0.2) is 4.98 Å². The van der Waals surface area contributed by atoms with Gasteiger partial charge in [0, 0.05) is 18.5 Å². The first-order valence-corrected chi connectivity index (χ1v) is 11.2. The zero-order valence-corrected chi connectivity index (χ0v) is 18.4. The lowest BCUT2D eigenvalue weighted by Crippen LogP contribution is -2.31. The molecule has 1 aliphatic rings. The summed E-state index contributed by atoms with van der Waals surface area (Å²) in [6.07, 6.45) is 2.12. The summed E-state index contributed by atoms with van der Waals surface area (Å²) in [5, 5.41) is 6.39. The lowest BCUT2D eigenvalue weighted by molar-refractivity contribution is 0.0854. The highest BCUT2D eigenvalue weighted by atomic mass is 35.5. The molecule has 2 heterocycles. The monoisotopic (exact) mass is 462 g/mol. The Kier molecular flexibility index (Phi) is 6.89. The third kappa shape index (κ3) is 5.13. The van der Waals surface area contributed by atoms with E-state index >= 15 is 0 Å². The van der Waals surface area contributed by atoms with Gasteiger partial charge in [0.1, 0.15) is 23.1 Å². The van der Waals surface area contributed by atoms with Crippen LogP contribution in [0, 0.1) is 0 Å². The van der Waals surface area contributed by atoms with E-state index in [0.717, 1.165) is 35.6 Å². The van der Waals surface area contributed by atoms with Crippen LogP contribution in [0.15, 0.2) is 47.8 Å². The van der Waals surface area contributed by atoms with E-state index in [-0.39, 0.29) is 12.0 Å². The van der Waals surface area contributed by atoms with Gasteiger partial charge in [-0.05, 0) is 42.7 Å². The molecule has 0 unspecified atom stereocenters. The smallest absolute Gasteiger partial charge is 0.270 e. The maximum Gasteiger partial charge on any atom is 0.270 e. The average molecular weight is 463 g/mol. The molecule has 4 rings (SSSR count). The van der Waals surface area contributed by atoms with Crippen molar-refractivity contribution in [3.63, 3.8) is 0 Å².